The number of fused-ring (bicyclic) bond motifs is 1. The van der Waals surface area contributed by atoms with Crippen molar-refractivity contribution in [3.8, 4) is 0 Å². The van der Waals surface area contributed by atoms with Gasteiger partial charge in [-0.2, -0.15) is 0 Å². The molecule has 3 fully saturated rings. The van der Waals surface area contributed by atoms with Crippen LogP contribution in [0.3, 0.4) is 0 Å². The van der Waals surface area contributed by atoms with Gasteiger partial charge < -0.3 is 14.8 Å². The van der Waals surface area contributed by atoms with Gasteiger partial charge in [0.1, 0.15) is 5.56 Å². The highest BCUT2D eigenvalue weighted by molar-refractivity contribution is 9.10. The van der Waals surface area contributed by atoms with Crippen molar-refractivity contribution in [3.05, 3.63) is 32.7 Å². The van der Waals surface area contributed by atoms with Crippen LogP contribution in [0.25, 0.3) is 0 Å². The Hall–Kier alpha value is -1.63. The maximum atomic E-state index is 13.0. The summed E-state index contributed by atoms with van der Waals surface area (Å²) in [5.74, 6) is -0.263. The zero-order valence-electron chi connectivity index (χ0n) is 12.6. The van der Waals surface area contributed by atoms with Crippen LogP contribution in [-0.4, -0.2) is 39.9 Å². The molecule has 4 rings (SSSR count). The molecular weight excluding hydrogens is 362 g/mol. The Morgan fingerprint density at radius 1 is 1.26 bits per heavy atom. The molecule has 2 atom stereocenters. The zero-order valence-corrected chi connectivity index (χ0v) is 14.2. The maximum Gasteiger partial charge on any atom is 0.263 e. The molecule has 6 nitrogen and oxygen atoms in total. The summed E-state index contributed by atoms with van der Waals surface area (Å²) < 4.78 is 2.40. The minimum atomic E-state index is -0.253. The number of nitrogens with one attached hydrogen (secondary N) is 1. The lowest BCUT2D eigenvalue weighted by Gasteiger charge is -2.36. The second-order valence-electron chi connectivity index (χ2n) is 6.60. The first-order chi connectivity index (χ1) is 11.0. The van der Waals surface area contributed by atoms with Gasteiger partial charge in [0.15, 0.2) is 0 Å². The van der Waals surface area contributed by atoms with E-state index in [0.717, 1.165) is 30.2 Å². The second-order valence-corrected chi connectivity index (χ2v) is 7.52. The van der Waals surface area contributed by atoms with Crippen molar-refractivity contribution in [2.24, 2.45) is 0 Å². The van der Waals surface area contributed by atoms with Gasteiger partial charge >= 0.3 is 0 Å². The number of amides is 2. The normalized spacial score (nSPS) is 26.8. The Morgan fingerprint density at radius 2 is 2.04 bits per heavy atom. The largest absolute Gasteiger partial charge is 0.351 e. The molecule has 3 heterocycles. The van der Waals surface area contributed by atoms with Crippen molar-refractivity contribution in [2.75, 3.05) is 6.54 Å². The van der Waals surface area contributed by atoms with Crippen LogP contribution in [0.4, 0.5) is 0 Å². The number of halogens is 1. The third kappa shape index (κ3) is 2.60. The standard InChI is InChI=1S/C16H18BrN3O3/c17-9-6-11(16(23)20(8-9)10-3-4-10)15(22)19-5-1-2-12-13(19)7-14(21)18-12/h6,8,10,12-13H,1-5,7H2,(H,18,21)/t12-,13-/m0/s1. The van der Waals surface area contributed by atoms with E-state index in [2.05, 4.69) is 21.2 Å². The van der Waals surface area contributed by atoms with Crippen molar-refractivity contribution in [2.45, 2.75) is 50.2 Å². The number of likely N-dealkylation sites (tertiary alicyclic amines) is 1. The molecule has 0 radical (unpaired) electrons. The van der Waals surface area contributed by atoms with Crippen LogP contribution in [0, 0.1) is 0 Å². The quantitative estimate of drug-likeness (QED) is 0.844. The third-order valence-corrected chi connectivity index (χ3v) is 5.39. The zero-order chi connectivity index (χ0) is 16.1. The van der Waals surface area contributed by atoms with Crippen molar-refractivity contribution < 1.29 is 9.59 Å². The molecule has 23 heavy (non-hydrogen) atoms. The van der Waals surface area contributed by atoms with Gasteiger partial charge in [0.2, 0.25) is 5.91 Å². The molecule has 1 aromatic rings. The van der Waals surface area contributed by atoms with Gasteiger partial charge in [0.05, 0.1) is 6.04 Å². The van der Waals surface area contributed by atoms with Gasteiger partial charge in [0.25, 0.3) is 11.5 Å². The van der Waals surface area contributed by atoms with Gasteiger partial charge in [-0.15, -0.1) is 0 Å². The highest BCUT2D eigenvalue weighted by atomic mass is 79.9. The summed E-state index contributed by atoms with van der Waals surface area (Å²) in [6.45, 7) is 0.602. The van der Waals surface area contributed by atoms with Crippen molar-refractivity contribution >= 4 is 27.7 Å². The fourth-order valence-corrected chi connectivity index (χ4v) is 4.13. The summed E-state index contributed by atoms with van der Waals surface area (Å²) in [7, 11) is 0. The molecule has 3 aliphatic rings. The summed E-state index contributed by atoms with van der Waals surface area (Å²) >= 11 is 3.40. The summed E-state index contributed by atoms with van der Waals surface area (Å²) in [6, 6.07) is 1.72. The van der Waals surface area contributed by atoms with E-state index in [9.17, 15) is 14.4 Å². The van der Waals surface area contributed by atoms with Crippen LogP contribution in [-0.2, 0) is 4.79 Å². The van der Waals surface area contributed by atoms with Crippen LogP contribution >= 0.6 is 15.9 Å². The molecule has 7 heteroatoms. The van der Waals surface area contributed by atoms with E-state index in [1.54, 1.807) is 21.7 Å². The first-order valence-electron chi connectivity index (χ1n) is 8.06. The van der Waals surface area contributed by atoms with E-state index in [0.29, 0.717) is 13.0 Å². The monoisotopic (exact) mass is 379 g/mol. The summed E-state index contributed by atoms with van der Waals surface area (Å²) in [5.41, 5.74) is -0.0219. The molecule has 0 aromatic carbocycles. The molecule has 0 spiro atoms. The number of carbonyl (C=O) groups excluding carboxylic acids is 2. The summed E-state index contributed by atoms with van der Waals surface area (Å²) in [6.07, 6.45) is 5.80. The number of hydrogen-bond acceptors (Lipinski definition) is 3. The van der Waals surface area contributed by atoms with E-state index in [1.807, 2.05) is 0 Å². The molecular formula is C16H18BrN3O3. The lowest BCUT2D eigenvalue weighted by atomic mass is 9.96. The molecule has 1 saturated carbocycles. The highest BCUT2D eigenvalue weighted by Crippen LogP contribution is 2.34. The SMILES string of the molecule is O=C1C[C@H]2[C@H](CCCN2C(=O)c2cc(Br)cn(C3CC3)c2=O)N1. The first-order valence-corrected chi connectivity index (χ1v) is 8.86. The summed E-state index contributed by atoms with van der Waals surface area (Å²) in [4.78, 5) is 39.0. The van der Waals surface area contributed by atoms with Gasteiger partial charge in [0, 0.05) is 35.7 Å². The topological polar surface area (TPSA) is 71.4 Å². The maximum absolute atomic E-state index is 13.0. The fraction of sp³-hybridized carbons (Fsp3) is 0.562. The molecule has 1 N–H and O–H groups in total. The predicted octanol–water partition coefficient (Wildman–Crippen LogP) is 1.44. The van der Waals surface area contributed by atoms with E-state index >= 15 is 0 Å². The minimum Gasteiger partial charge on any atom is -0.351 e. The Balaban J connectivity index is 1.69. The van der Waals surface area contributed by atoms with Crippen LogP contribution in [0.15, 0.2) is 21.5 Å². The second kappa shape index (κ2) is 5.47. The third-order valence-electron chi connectivity index (χ3n) is 4.96. The first kappa shape index (κ1) is 14.9. The Morgan fingerprint density at radius 3 is 2.78 bits per heavy atom. The van der Waals surface area contributed by atoms with Crippen LogP contribution in [0.5, 0.6) is 0 Å². The summed E-state index contributed by atoms with van der Waals surface area (Å²) in [5, 5.41) is 2.93. The lowest BCUT2D eigenvalue weighted by Crippen LogP contribution is -2.52. The van der Waals surface area contributed by atoms with Crippen LogP contribution in [0.2, 0.25) is 0 Å². The van der Waals surface area contributed by atoms with Crippen LogP contribution < -0.4 is 10.9 Å². The minimum absolute atomic E-state index is 0.00988. The van der Waals surface area contributed by atoms with Gasteiger partial charge in [-0.25, -0.2) is 0 Å². The van der Waals surface area contributed by atoms with Gasteiger partial charge in [-0.05, 0) is 47.7 Å². The predicted molar refractivity (Wildman–Crippen MR) is 87.3 cm³/mol. The smallest absolute Gasteiger partial charge is 0.263 e. The molecule has 122 valence electrons. The Bertz CT molecular complexity index is 741. The molecule has 1 aliphatic carbocycles. The van der Waals surface area contributed by atoms with E-state index in [1.165, 1.54) is 0 Å². The van der Waals surface area contributed by atoms with Gasteiger partial charge in [-0.1, -0.05) is 0 Å². The number of nitrogens with zero attached hydrogens (tertiary/aromatic N) is 2. The number of carbonyl (C=O) groups is 2. The van der Waals surface area contributed by atoms with Crippen LogP contribution in [0.1, 0.15) is 48.5 Å². The number of aromatic nitrogens is 1. The molecule has 2 saturated heterocycles. The molecule has 1 aromatic heterocycles. The number of piperidine rings is 1. The Labute approximate surface area is 142 Å². The van der Waals surface area contributed by atoms with Crippen molar-refractivity contribution in [1.82, 2.24) is 14.8 Å². The number of hydrogen-bond donors (Lipinski definition) is 1. The average Bonchev–Trinajstić information content (AvgIpc) is 3.28. The highest BCUT2D eigenvalue weighted by Gasteiger charge is 2.42. The number of rotatable bonds is 2. The molecule has 2 amide bonds. The molecule has 0 unspecified atom stereocenters. The average molecular weight is 380 g/mol. The molecule has 2 aliphatic heterocycles. The van der Waals surface area contributed by atoms with E-state index < -0.39 is 0 Å². The van der Waals surface area contributed by atoms with Crippen molar-refractivity contribution in [1.29, 1.82) is 0 Å². The fourth-order valence-electron chi connectivity index (χ4n) is 3.68. The lowest BCUT2D eigenvalue weighted by molar-refractivity contribution is -0.119. The van der Waals surface area contributed by atoms with E-state index in [-0.39, 0.29) is 41.1 Å². The van der Waals surface area contributed by atoms with E-state index in [4.69, 9.17) is 0 Å². The number of pyridine rings is 1. The molecule has 0 bridgehead atoms. The Kier molecular flexibility index (Phi) is 3.55. The van der Waals surface area contributed by atoms with Crippen molar-refractivity contribution in [3.63, 3.8) is 0 Å². The van der Waals surface area contributed by atoms with Gasteiger partial charge in [-0.3, -0.25) is 14.4 Å².